The Bertz CT molecular complexity index is 1150. The number of allylic oxidation sites excluding steroid dienone is 1. The van der Waals surface area contributed by atoms with Crippen LogP contribution in [0.4, 0.5) is 0 Å². The molecule has 8 heteroatoms. The first-order valence-corrected chi connectivity index (χ1v) is 12.3. The van der Waals surface area contributed by atoms with Gasteiger partial charge in [0.15, 0.2) is 5.65 Å². The Morgan fingerprint density at radius 3 is 2.91 bits per heavy atom. The first-order chi connectivity index (χ1) is 17.1. The molecule has 2 N–H and O–H groups in total. The Balaban J connectivity index is 1.64. The number of likely N-dealkylation sites (N-methyl/N-ethyl adjacent to an activating group) is 2. The highest BCUT2D eigenvalue weighted by atomic mass is 16.5. The third-order valence-electron chi connectivity index (χ3n) is 6.47. The molecular weight excluding hydrogens is 440 g/mol. The van der Waals surface area contributed by atoms with Crippen molar-refractivity contribution < 1.29 is 9.53 Å². The van der Waals surface area contributed by atoms with Gasteiger partial charge in [0.2, 0.25) is 0 Å². The highest BCUT2D eigenvalue weighted by molar-refractivity contribution is 6.06. The van der Waals surface area contributed by atoms with E-state index in [4.69, 9.17) is 9.72 Å². The molecule has 0 bridgehead atoms. The summed E-state index contributed by atoms with van der Waals surface area (Å²) in [5.41, 5.74) is 4.24. The monoisotopic (exact) mass is 476 g/mol. The maximum Gasteiger partial charge on any atom is 0.252 e. The van der Waals surface area contributed by atoms with Crippen molar-refractivity contribution in [2.24, 2.45) is 5.92 Å². The second-order valence-corrected chi connectivity index (χ2v) is 9.22. The number of rotatable bonds is 11. The molecule has 8 nitrogen and oxygen atoms in total. The van der Waals surface area contributed by atoms with Crippen molar-refractivity contribution in [3.05, 3.63) is 60.3 Å². The number of carbonyl (C=O) groups is 1. The molecule has 3 aromatic rings. The Kier molecular flexibility index (Phi) is 8.63. The number of amides is 1. The summed E-state index contributed by atoms with van der Waals surface area (Å²) in [5.74, 6) is 0.357. The van der Waals surface area contributed by atoms with Crippen molar-refractivity contribution in [1.82, 2.24) is 30.3 Å². The average Bonchev–Trinajstić information content (AvgIpc) is 3.29. The van der Waals surface area contributed by atoms with Gasteiger partial charge in [-0.05, 0) is 50.6 Å². The summed E-state index contributed by atoms with van der Waals surface area (Å²) >= 11 is 0. The van der Waals surface area contributed by atoms with Gasteiger partial charge in [-0.1, -0.05) is 24.3 Å². The van der Waals surface area contributed by atoms with E-state index in [9.17, 15) is 4.79 Å². The van der Waals surface area contributed by atoms with Crippen LogP contribution in [-0.4, -0.2) is 72.5 Å². The van der Waals surface area contributed by atoms with Crippen molar-refractivity contribution in [3.63, 3.8) is 0 Å². The molecule has 4 rings (SSSR count). The number of pyridine rings is 1. The largest absolute Gasteiger partial charge is 0.381 e. The van der Waals surface area contributed by atoms with Gasteiger partial charge in [0.1, 0.15) is 0 Å². The first-order valence-electron chi connectivity index (χ1n) is 12.3. The van der Waals surface area contributed by atoms with Crippen molar-refractivity contribution in [3.8, 4) is 11.3 Å². The quantitative estimate of drug-likeness (QED) is 0.414. The van der Waals surface area contributed by atoms with Gasteiger partial charge in [0.05, 0.1) is 29.4 Å². The molecule has 1 amide bonds. The molecule has 2 aromatic heterocycles. The van der Waals surface area contributed by atoms with Crippen LogP contribution in [0.3, 0.4) is 0 Å². The molecule has 0 spiro atoms. The molecule has 3 heterocycles. The molecule has 1 aliphatic rings. The topological polar surface area (TPSA) is 84.3 Å². The predicted octanol–water partition coefficient (Wildman–Crippen LogP) is 3.09. The number of benzene rings is 1. The normalized spacial score (nSPS) is 14.5. The Hall–Kier alpha value is -3.07. The number of hydrogen-bond acceptors (Lipinski definition) is 6. The van der Waals surface area contributed by atoms with E-state index in [-0.39, 0.29) is 5.91 Å². The number of hydrogen-bond donors (Lipinski definition) is 2. The van der Waals surface area contributed by atoms with E-state index < -0.39 is 0 Å². The first kappa shape index (κ1) is 25.0. The van der Waals surface area contributed by atoms with Crippen LogP contribution in [0.2, 0.25) is 0 Å². The third-order valence-corrected chi connectivity index (χ3v) is 6.47. The van der Waals surface area contributed by atoms with Crippen LogP contribution in [0.5, 0.6) is 0 Å². The number of nitrogens with zero attached hydrogens (tertiary/aromatic N) is 4. The van der Waals surface area contributed by atoms with Gasteiger partial charge in [-0.3, -0.25) is 4.79 Å². The highest BCUT2D eigenvalue weighted by Crippen LogP contribution is 2.26. The number of fused-ring (bicyclic) bond motifs is 1. The molecule has 186 valence electrons. The molecule has 1 aromatic carbocycles. The molecule has 0 radical (unpaired) electrons. The van der Waals surface area contributed by atoms with Gasteiger partial charge < -0.3 is 20.3 Å². The minimum absolute atomic E-state index is 0.0914. The molecule has 1 aliphatic heterocycles. The van der Waals surface area contributed by atoms with Crippen molar-refractivity contribution in [2.45, 2.75) is 25.9 Å². The van der Waals surface area contributed by atoms with Crippen LogP contribution < -0.4 is 10.6 Å². The number of ether oxygens (including phenoxy) is 1. The second kappa shape index (κ2) is 12.1. The summed E-state index contributed by atoms with van der Waals surface area (Å²) in [7, 11) is 4.08. The van der Waals surface area contributed by atoms with Crippen LogP contribution in [0.1, 0.15) is 28.8 Å². The van der Waals surface area contributed by atoms with Crippen LogP contribution in [0.25, 0.3) is 22.3 Å². The van der Waals surface area contributed by atoms with Gasteiger partial charge in [-0.2, -0.15) is 5.10 Å². The van der Waals surface area contributed by atoms with Gasteiger partial charge >= 0.3 is 0 Å². The van der Waals surface area contributed by atoms with Crippen LogP contribution in [-0.2, 0) is 17.8 Å². The van der Waals surface area contributed by atoms with E-state index in [1.807, 2.05) is 25.2 Å². The fraction of sp³-hybridized carbons (Fsp3) is 0.444. The lowest BCUT2D eigenvalue weighted by Gasteiger charge is -2.22. The summed E-state index contributed by atoms with van der Waals surface area (Å²) in [6.45, 7) is 9.28. The zero-order valence-electron chi connectivity index (χ0n) is 20.8. The van der Waals surface area contributed by atoms with E-state index in [2.05, 4.69) is 46.4 Å². The maximum atomic E-state index is 13.3. The molecule has 0 aliphatic carbocycles. The summed E-state index contributed by atoms with van der Waals surface area (Å²) in [6.07, 6.45) is 5.47. The van der Waals surface area contributed by atoms with Crippen molar-refractivity contribution in [1.29, 1.82) is 0 Å². The summed E-state index contributed by atoms with van der Waals surface area (Å²) in [6, 6.07) is 10.3. The highest BCUT2D eigenvalue weighted by Gasteiger charge is 2.20. The Morgan fingerprint density at radius 1 is 1.31 bits per heavy atom. The summed E-state index contributed by atoms with van der Waals surface area (Å²) < 4.78 is 7.23. The fourth-order valence-electron chi connectivity index (χ4n) is 4.44. The van der Waals surface area contributed by atoms with E-state index in [0.717, 1.165) is 62.3 Å². The van der Waals surface area contributed by atoms with Crippen LogP contribution in [0, 0.1) is 5.92 Å². The van der Waals surface area contributed by atoms with E-state index >= 15 is 0 Å². The van der Waals surface area contributed by atoms with E-state index in [1.165, 1.54) is 5.56 Å². The number of carbonyl (C=O) groups excluding carboxylic acids is 1. The number of aromatic nitrogens is 3. The Labute approximate surface area is 207 Å². The van der Waals surface area contributed by atoms with Crippen molar-refractivity contribution in [2.75, 3.05) is 46.9 Å². The molecule has 0 atom stereocenters. The van der Waals surface area contributed by atoms with Crippen LogP contribution >= 0.6 is 0 Å². The summed E-state index contributed by atoms with van der Waals surface area (Å²) in [5, 5.41) is 11.6. The lowest BCUT2D eigenvalue weighted by molar-refractivity contribution is 0.0643. The SMILES string of the molecule is C=CCn1ncc2c(C(=O)NCC3CCOCC3)cc(-c3cccc(CN(C)CCNC)c3)nc21. The summed E-state index contributed by atoms with van der Waals surface area (Å²) in [4.78, 5) is 20.5. The fourth-order valence-corrected chi connectivity index (χ4v) is 4.44. The number of nitrogens with one attached hydrogen (secondary N) is 2. The molecule has 1 fully saturated rings. The molecule has 0 unspecified atom stereocenters. The second-order valence-electron chi connectivity index (χ2n) is 9.22. The predicted molar refractivity (Wildman–Crippen MR) is 139 cm³/mol. The standard InChI is InChI=1S/C27H36N6O2/c1-4-11-33-26-24(18-30-33)23(27(34)29-17-20-8-13-35-14-9-20)16-25(31-26)22-7-5-6-21(15-22)19-32(3)12-10-28-2/h4-7,15-16,18,20,28H,1,8-14,17,19H2,2-3H3,(H,29,34). The Morgan fingerprint density at radius 2 is 2.14 bits per heavy atom. The van der Waals surface area contributed by atoms with Gasteiger partial charge in [0, 0.05) is 45.0 Å². The zero-order chi connectivity index (χ0) is 24.6. The molecular formula is C27H36N6O2. The molecule has 0 saturated carbocycles. The van der Waals surface area contributed by atoms with Gasteiger partial charge in [0.25, 0.3) is 5.91 Å². The van der Waals surface area contributed by atoms with E-state index in [1.54, 1.807) is 17.0 Å². The smallest absolute Gasteiger partial charge is 0.252 e. The maximum absolute atomic E-state index is 13.3. The minimum Gasteiger partial charge on any atom is -0.381 e. The third kappa shape index (κ3) is 6.33. The molecule has 35 heavy (non-hydrogen) atoms. The molecule has 1 saturated heterocycles. The lowest BCUT2D eigenvalue weighted by atomic mass is 10.00. The zero-order valence-corrected chi connectivity index (χ0v) is 20.8. The minimum atomic E-state index is -0.0914. The van der Waals surface area contributed by atoms with Crippen LogP contribution in [0.15, 0.2) is 49.2 Å². The van der Waals surface area contributed by atoms with Gasteiger partial charge in [-0.25, -0.2) is 9.67 Å². The lowest BCUT2D eigenvalue weighted by Crippen LogP contribution is -2.32. The van der Waals surface area contributed by atoms with Crippen molar-refractivity contribution >= 4 is 16.9 Å². The van der Waals surface area contributed by atoms with Gasteiger partial charge in [-0.15, -0.1) is 6.58 Å². The van der Waals surface area contributed by atoms with E-state index in [0.29, 0.717) is 30.2 Å². The average molecular weight is 477 g/mol.